The summed E-state index contributed by atoms with van der Waals surface area (Å²) >= 11 is 6.00. The Kier molecular flexibility index (Phi) is 4.05. The van der Waals surface area contributed by atoms with Crippen molar-refractivity contribution in [3.05, 3.63) is 0 Å². The van der Waals surface area contributed by atoms with Crippen LogP contribution < -0.4 is 0 Å². The number of thiocarbonyl (C=S) groups is 1. The molecule has 1 unspecified atom stereocenters. The zero-order valence-corrected chi connectivity index (χ0v) is 9.31. The lowest BCUT2D eigenvalue weighted by atomic mass is 10.2. The maximum Gasteiger partial charge on any atom is 0.305 e. The number of aliphatic carboxylic acids is 1. The van der Waals surface area contributed by atoms with Gasteiger partial charge in [0, 0.05) is 6.54 Å². The van der Waals surface area contributed by atoms with Crippen LogP contribution in [0.3, 0.4) is 0 Å². The molecule has 0 saturated carbocycles. The van der Waals surface area contributed by atoms with Gasteiger partial charge in [0.15, 0.2) is 0 Å². The van der Waals surface area contributed by atoms with Crippen LogP contribution in [-0.4, -0.2) is 38.0 Å². The first kappa shape index (κ1) is 11.9. The van der Waals surface area contributed by atoms with Gasteiger partial charge in [-0.3, -0.25) is 14.5 Å². The minimum Gasteiger partial charge on any atom is -0.481 e. The van der Waals surface area contributed by atoms with Crippen molar-refractivity contribution in [2.45, 2.75) is 18.1 Å². The van der Waals surface area contributed by atoms with Crippen molar-refractivity contribution in [3.63, 3.8) is 0 Å². The number of nitriles is 1. The van der Waals surface area contributed by atoms with Crippen molar-refractivity contribution in [1.29, 1.82) is 5.26 Å². The van der Waals surface area contributed by atoms with Gasteiger partial charge in [-0.05, 0) is 0 Å². The van der Waals surface area contributed by atoms with Gasteiger partial charge in [0.25, 0.3) is 0 Å². The number of nitrogens with zero attached hydrogens (tertiary/aromatic N) is 2. The highest BCUT2D eigenvalue weighted by Gasteiger charge is 2.37. The van der Waals surface area contributed by atoms with Crippen LogP contribution in [-0.2, 0) is 9.59 Å². The highest BCUT2D eigenvalue weighted by molar-refractivity contribution is 8.24. The molecule has 1 aliphatic rings. The minimum atomic E-state index is -1.02. The van der Waals surface area contributed by atoms with Crippen LogP contribution in [0.4, 0.5) is 0 Å². The van der Waals surface area contributed by atoms with Gasteiger partial charge in [0.2, 0.25) is 5.91 Å². The van der Waals surface area contributed by atoms with Crippen LogP contribution in [0.5, 0.6) is 0 Å². The molecule has 1 aliphatic heterocycles. The van der Waals surface area contributed by atoms with Crippen LogP contribution in [0, 0.1) is 11.3 Å². The number of rotatable bonds is 4. The van der Waals surface area contributed by atoms with E-state index in [0.29, 0.717) is 4.32 Å². The third-order valence-electron chi connectivity index (χ3n) is 1.81. The van der Waals surface area contributed by atoms with Gasteiger partial charge in [-0.1, -0.05) is 24.0 Å². The normalized spacial score (nSPS) is 20.5. The summed E-state index contributed by atoms with van der Waals surface area (Å²) < 4.78 is 0.363. The fourth-order valence-corrected chi connectivity index (χ4v) is 2.69. The second kappa shape index (κ2) is 5.09. The molecule has 0 bridgehead atoms. The zero-order chi connectivity index (χ0) is 11.4. The topological polar surface area (TPSA) is 81.4 Å². The Balaban J connectivity index is 2.62. The fourth-order valence-electron chi connectivity index (χ4n) is 1.15. The summed E-state index contributed by atoms with van der Waals surface area (Å²) in [6, 6.07) is 1.91. The number of carbonyl (C=O) groups excluding carboxylic acids is 1. The maximum atomic E-state index is 11.6. The molecule has 1 amide bonds. The number of hydrogen-bond donors (Lipinski definition) is 1. The molecule has 15 heavy (non-hydrogen) atoms. The molecule has 0 aromatic heterocycles. The lowest BCUT2D eigenvalue weighted by molar-refractivity contribution is -0.139. The van der Waals surface area contributed by atoms with E-state index < -0.39 is 11.2 Å². The van der Waals surface area contributed by atoms with E-state index in [1.807, 2.05) is 6.07 Å². The third kappa shape index (κ3) is 2.91. The molecular weight excluding hydrogens is 236 g/mol. The van der Waals surface area contributed by atoms with Crippen molar-refractivity contribution in [3.8, 4) is 6.07 Å². The Labute approximate surface area is 96.0 Å². The Morgan fingerprint density at radius 3 is 2.93 bits per heavy atom. The van der Waals surface area contributed by atoms with E-state index in [4.69, 9.17) is 22.6 Å². The lowest BCUT2D eigenvalue weighted by Gasteiger charge is -2.12. The number of carboxylic acid groups (broad SMARTS) is 1. The van der Waals surface area contributed by atoms with E-state index in [1.54, 1.807) is 0 Å². The van der Waals surface area contributed by atoms with Crippen LogP contribution >= 0.6 is 24.0 Å². The van der Waals surface area contributed by atoms with Gasteiger partial charge < -0.3 is 5.11 Å². The largest absolute Gasteiger partial charge is 0.481 e. The van der Waals surface area contributed by atoms with E-state index in [2.05, 4.69) is 0 Å². The summed E-state index contributed by atoms with van der Waals surface area (Å²) in [6.45, 7) is 0.247. The van der Waals surface area contributed by atoms with Gasteiger partial charge in [-0.25, -0.2) is 0 Å². The molecule has 0 aliphatic carbocycles. The van der Waals surface area contributed by atoms with E-state index in [0.717, 1.165) is 11.8 Å². The Morgan fingerprint density at radius 1 is 1.73 bits per heavy atom. The molecule has 1 fully saturated rings. The lowest BCUT2D eigenvalue weighted by Crippen LogP contribution is -2.32. The number of hydrogen-bond acceptors (Lipinski definition) is 5. The first-order valence-electron chi connectivity index (χ1n) is 4.17. The predicted molar refractivity (Wildman–Crippen MR) is 58.2 cm³/mol. The molecule has 1 N–H and O–H groups in total. The first-order valence-corrected chi connectivity index (χ1v) is 5.45. The summed E-state index contributed by atoms with van der Waals surface area (Å²) in [5.74, 6) is -1.33. The average molecular weight is 244 g/mol. The van der Waals surface area contributed by atoms with E-state index in [1.165, 1.54) is 4.90 Å². The van der Waals surface area contributed by atoms with Crippen LogP contribution in [0.2, 0.25) is 0 Å². The van der Waals surface area contributed by atoms with Crippen molar-refractivity contribution >= 4 is 40.2 Å². The number of amides is 1. The van der Waals surface area contributed by atoms with Gasteiger partial charge in [-0.15, -0.1) is 0 Å². The van der Waals surface area contributed by atoms with Crippen LogP contribution in [0.25, 0.3) is 0 Å². The first-order chi connectivity index (χ1) is 7.06. The molecule has 0 aromatic carbocycles. The average Bonchev–Trinajstić information content (AvgIpc) is 2.39. The molecule has 1 heterocycles. The Morgan fingerprint density at radius 2 is 2.40 bits per heavy atom. The molecule has 0 radical (unpaired) electrons. The molecule has 1 atom stereocenters. The highest BCUT2D eigenvalue weighted by atomic mass is 32.2. The highest BCUT2D eigenvalue weighted by Crippen LogP contribution is 2.29. The second-order valence-corrected chi connectivity index (χ2v) is 4.70. The Hall–Kier alpha value is -1.13. The predicted octanol–water partition coefficient (Wildman–Crippen LogP) is 0.604. The van der Waals surface area contributed by atoms with Gasteiger partial charge in [0.1, 0.15) is 9.57 Å². The summed E-state index contributed by atoms with van der Waals surface area (Å²) in [6.07, 6.45) is -0.0288. The number of carbonyl (C=O) groups is 2. The van der Waals surface area contributed by atoms with Gasteiger partial charge in [-0.2, -0.15) is 5.26 Å². The van der Waals surface area contributed by atoms with Gasteiger partial charge >= 0.3 is 5.97 Å². The summed E-state index contributed by atoms with van der Waals surface area (Å²) in [4.78, 5) is 23.4. The van der Waals surface area contributed by atoms with Crippen molar-refractivity contribution < 1.29 is 14.7 Å². The van der Waals surface area contributed by atoms with Crippen LogP contribution in [0.15, 0.2) is 0 Å². The molecule has 1 rings (SSSR count). The fraction of sp³-hybridized carbons (Fsp3) is 0.500. The monoisotopic (exact) mass is 244 g/mol. The second-order valence-electron chi connectivity index (χ2n) is 2.87. The van der Waals surface area contributed by atoms with Crippen molar-refractivity contribution in [2.75, 3.05) is 6.54 Å². The number of carboxylic acids is 1. The van der Waals surface area contributed by atoms with Gasteiger partial charge in [0.05, 0.1) is 18.9 Å². The summed E-state index contributed by atoms with van der Waals surface area (Å²) in [5.41, 5.74) is 0. The summed E-state index contributed by atoms with van der Waals surface area (Å²) in [5, 5.41) is 16.3. The molecule has 0 spiro atoms. The quantitative estimate of drug-likeness (QED) is 0.729. The molecule has 5 nitrogen and oxygen atoms in total. The third-order valence-corrected chi connectivity index (χ3v) is 3.40. The minimum absolute atomic E-state index is 0.201. The molecule has 7 heteroatoms. The number of thioether (sulfide) groups is 1. The van der Waals surface area contributed by atoms with Crippen LogP contribution in [0.1, 0.15) is 12.8 Å². The van der Waals surface area contributed by atoms with Crippen molar-refractivity contribution in [1.82, 2.24) is 4.90 Å². The van der Waals surface area contributed by atoms with E-state index in [-0.39, 0.29) is 25.3 Å². The molecule has 80 valence electrons. The molecule has 0 aromatic rings. The zero-order valence-electron chi connectivity index (χ0n) is 7.67. The maximum absolute atomic E-state index is 11.6. The summed E-state index contributed by atoms with van der Waals surface area (Å²) in [7, 11) is 0. The van der Waals surface area contributed by atoms with E-state index in [9.17, 15) is 9.59 Å². The standard InChI is InChI=1S/C8H8N2O3S2/c9-2-1-3-10-7(13)5(4-6(11)12)15-8(10)14/h5H,1,3-4H2,(H,11,12). The SMILES string of the molecule is N#CCCN1C(=O)C(CC(=O)O)SC1=S. The molecule has 1 saturated heterocycles. The molecular formula is C8H8N2O3S2. The van der Waals surface area contributed by atoms with Crippen molar-refractivity contribution in [2.24, 2.45) is 0 Å². The smallest absolute Gasteiger partial charge is 0.305 e. The Bertz CT molecular complexity index is 350. The van der Waals surface area contributed by atoms with E-state index >= 15 is 0 Å².